The number of halogens is 2. The Labute approximate surface area is 140 Å². The first-order chi connectivity index (χ1) is 9.65. The van der Waals surface area contributed by atoms with Crippen LogP contribution in [0.15, 0.2) is 38.9 Å². The molecule has 2 rings (SSSR count). The lowest BCUT2D eigenvalue weighted by Crippen LogP contribution is -2.32. The first-order valence-corrected chi connectivity index (χ1v) is 8.83. The zero-order valence-electron chi connectivity index (χ0n) is 11.2. The number of nitrogens with two attached hydrogens (primary N) is 1. The van der Waals surface area contributed by atoms with Crippen molar-refractivity contribution in [3.8, 4) is 0 Å². The molecule has 2 N–H and O–H groups in total. The number of aromatic nitrogens is 1. The summed E-state index contributed by atoms with van der Waals surface area (Å²) < 4.78 is 2.21. The molecule has 0 aliphatic heterocycles. The molecule has 2 aromatic rings. The highest BCUT2D eigenvalue weighted by Crippen LogP contribution is 2.37. The first-order valence-electron chi connectivity index (χ1n) is 6.43. The summed E-state index contributed by atoms with van der Waals surface area (Å²) in [4.78, 5) is 7.73. The van der Waals surface area contributed by atoms with Crippen LogP contribution in [-0.4, -0.2) is 23.0 Å². The van der Waals surface area contributed by atoms with E-state index in [-0.39, 0.29) is 6.04 Å². The lowest BCUT2D eigenvalue weighted by molar-refractivity contribution is 0.206. The van der Waals surface area contributed by atoms with Gasteiger partial charge in [0.1, 0.15) is 0 Å². The van der Waals surface area contributed by atoms with E-state index in [1.54, 1.807) is 11.3 Å². The summed E-state index contributed by atoms with van der Waals surface area (Å²) in [5.41, 5.74) is 7.28. The van der Waals surface area contributed by atoms with Gasteiger partial charge in [0.2, 0.25) is 0 Å². The van der Waals surface area contributed by atoms with Crippen LogP contribution in [0.5, 0.6) is 0 Å². The summed E-state index contributed by atoms with van der Waals surface area (Å²) >= 11 is 8.84. The van der Waals surface area contributed by atoms with Crippen LogP contribution in [0, 0.1) is 0 Å². The van der Waals surface area contributed by atoms with Gasteiger partial charge in [0.15, 0.2) is 0 Å². The second-order valence-electron chi connectivity index (χ2n) is 4.44. The average molecular weight is 419 g/mol. The van der Waals surface area contributed by atoms with E-state index in [9.17, 15) is 0 Å². The average Bonchev–Trinajstić information content (AvgIpc) is 2.79. The van der Waals surface area contributed by atoms with E-state index in [4.69, 9.17) is 5.73 Å². The maximum Gasteiger partial charge on any atom is 0.0843 e. The third kappa shape index (κ3) is 3.89. The number of pyridine rings is 1. The number of nitrogens with zero attached hydrogens (tertiary/aromatic N) is 2. The molecule has 1 atom stereocenters. The SMILES string of the molecule is CCN(Cc1ccncc1)C(CN)c1cc(Br)c(Br)s1. The van der Waals surface area contributed by atoms with Crippen molar-refractivity contribution >= 4 is 43.2 Å². The van der Waals surface area contributed by atoms with Crippen LogP contribution in [0.3, 0.4) is 0 Å². The molecule has 0 saturated heterocycles. The number of hydrogen-bond donors (Lipinski definition) is 1. The van der Waals surface area contributed by atoms with Crippen LogP contribution in [0.4, 0.5) is 0 Å². The molecule has 1 unspecified atom stereocenters. The predicted octanol–water partition coefficient (Wildman–Crippen LogP) is 4.19. The minimum atomic E-state index is 0.237. The van der Waals surface area contributed by atoms with Crippen molar-refractivity contribution in [3.05, 3.63) is 49.3 Å². The molecule has 108 valence electrons. The minimum absolute atomic E-state index is 0.237. The lowest BCUT2D eigenvalue weighted by atomic mass is 10.1. The molecule has 2 aromatic heterocycles. The van der Waals surface area contributed by atoms with Crippen LogP contribution < -0.4 is 5.73 Å². The van der Waals surface area contributed by atoms with E-state index in [0.29, 0.717) is 6.54 Å². The summed E-state index contributed by atoms with van der Waals surface area (Å²) in [7, 11) is 0. The number of likely N-dealkylation sites (N-methyl/N-ethyl adjacent to an activating group) is 1. The van der Waals surface area contributed by atoms with Crippen molar-refractivity contribution in [2.24, 2.45) is 5.73 Å². The standard InChI is InChI=1S/C14H17Br2N3S/c1-2-19(9-10-3-5-18-6-4-10)12(8-17)13-7-11(15)14(16)20-13/h3-7,12H,2,8-9,17H2,1H3. The molecule has 0 aliphatic carbocycles. The van der Waals surface area contributed by atoms with Crippen LogP contribution >= 0.6 is 43.2 Å². The topological polar surface area (TPSA) is 42.2 Å². The fraction of sp³-hybridized carbons (Fsp3) is 0.357. The molecule has 6 heteroatoms. The summed E-state index contributed by atoms with van der Waals surface area (Å²) in [6.45, 7) is 4.62. The minimum Gasteiger partial charge on any atom is -0.329 e. The molecule has 0 amide bonds. The van der Waals surface area contributed by atoms with Gasteiger partial charge in [0, 0.05) is 34.8 Å². The molecule has 0 saturated carbocycles. The maximum atomic E-state index is 6.02. The largest absolute Gasteiger partial charge is 0.329 e. The smallest absolute Gasteiger partial charge is 0.0843 e. The molecule has 0 aliphatic rings. The van der Waals surface area contributed by atoms with E-state index in [1.165, 1.54) is 10.4 Å². The number of thiophene rings is 1. The van der Waals surface area contributed by atoms with Crippen molar-refractivity contribution in [2.75, 3.05) is 13.1 Å². The second-order valence-corrected chi connectivity index (χ2v) is 7.70. The van der Waals surface area contributed by atoms with Crippen LogP contribution in [0.25, 0.3) is 0 Å². The van der Waals surface area contributed by atoms with E-state index in [2.05, 4.69) is 66.9 Å². The molecule has 0 aromatic carbocycles. The molecule has 0 fully saturated rings. The fourth-order valence-electron chi connectivity index (χ4n) is 2.14. The van der Waals surface area contributed by atoms with Gasteiger partial charge in [-0.1, -0.05) is 6.92 Å². The van der Waals surface area contributed by atoms with Crippen molar-refractivity contribution in [3.63, 3.8) is 0 Å². The van der Waals surface area contributed by atoms with Gasteiger partial charge in [0.05, 0.1) is 9.83 Å². The first kappa shape index (κ1) is 16.1. The second kappa shape index (κ2) is 7.66. The number of rotatable bonds is 6. The molecule has 2 heterocycles. The van der Waals surface area contributed by atoms with Gasteiger partial charge in [-0.15, -0.1) is 11.3 Å². The van der Waals surface area contributed by atoms with Gasteiger partial charge in [0.25, 0.3) is 0 Å². The Kier molecular flexibility index (Phi) is 6.17. The maximum absolute atomic E-state index is 6.02. The molecule has 0 radical (unpaired) electrons. The van der Waals surface area contributed by atoms with E-state index >= 15 is 0 Å². The highest BCUT2D eigenvalue weighted by molar-refractivity contribution is 9.13. The highest BCUT2D eigenvalue weighted by Gasteiger charge is 2.21. The Morgan fingerprint density at radius 1 is 1.35 bits per heavy atom. The van der Waals surface area contributed by atoms with Gasteiger partial charge >= 0.3 is 0 Å². The predicted molar refractivity (Wildman–Crippen MR) is 91.8 cm³/mol. The molecule has 0 spiro atoms. The van der Waals surface area contributed by atoms with Gasteiger partial charge in [-0.25, -0.2) is 0 Å². The molecule has 0 bridgehead atoms. The van der Waals surface area contributed by atoms with Crippen molar-refractivity contribution < 1.29 is 0 Å². The molecule has 3 nitrogen and oxygen atoms in total. The summed E-state index contributed by atoms with van der Waals surface area (Å²) in [5.74, 6) is 0. The third-order valence-electron chi connectivity index (χ3n) is 3.20. The van der Waals surface area contributed by atoms with Gasteiger partial charge in [-0.05, 0) is 62.2 Å². The van der Waals surface area contributed by atoms with Gasteiger partial charge in [-0.2, -0.15) is 0 Å². The van der Waals surface area contributed by atoms with Crippen molar-refractivity contribution in [1.29, 1.82) is 0 Å². The Balaban J connectivity index is 2.19. The Morgan fingerprint density at radius 3 is 2.55 bits per heavy atom. The normalized spacial score (nSPS) is 12.8. The highest BCUT2D eigenvalue weighted by atomic mass is 79.9. The van der Waals surface area contributed by atoms with Crippen molar-refractivity contribution in [1.82, 2.24) is 9.88 Å². The van der Waals surface area contributed by atoms with Crippen LogP contribution in [0.2, 0.25) is 0 Å². The Morgan fingerprint density at radius 2 is 2.05 bits per heavy atom. The monoisotopic (exact) mass is 417 g/mol. The Bertz CT molecular complexity index is 525. The third-order valence-corrected chi connectivity index (χ3v) is 6.56. The van der Waals surface area contributed by atoms with Crippen LogP contribution in [-0.2, 0) is 6.54 Å². The molecule has 20 heavy (non-hydrogen) atoms. The molecular formula is C14H17Br2N3S. The van der Waals surface area contributed by atoms with Gasteiger partial charge in [-0.3, -0.25) is 9.88 Å². The zero-order chi connectivity index (χ0) is 14.5. The molecular weight excluding hydrogens is 402 g/mol. The Hall–Kier alpha value is -0.270. The zero-order valence-corrected chi connectivity index (χ0v) is 15.2. The quantitative estimate of drug-likeness (QED) is 0.764. The summed E-state index contributed by atoms with van der Waals surface area (Å²) in [6, 6.07) is 6.50. The van der Waals surface area contributed by atoms with E-state index < -0.39 is 0 Å². The summed E-state index contributed by atoms with van der Waals surface area (Å²) in [6.07, 6.45) is 3.66. The lowest BCUT2D eigenvalue weighted by Gasteiger charge is -2.29. The van der Waals surface area contributed by atoms with E-state index in [1.807, 2.05) is 12.4 Å². The van der Waals surface area contributed by atoms with E-state index in [0.717, 1.165) is 21.3 Å². The van der Waals surface area contributed by atoms with Gasteiger partial charge < -0.3 is 5.73 Å². The van der Waals surface area contributed by atoms with Crippen molar-refractivity contribution in [2.45, 2.75) is 19.5 Å². The summed E-state index contributed by atoms with van der Waals surface area (Å²) in [5, 5.41) is 0. The van der Waals surface area contributed by atoms with Crippen LogP contribution in [0.1, 0.15) is 23.4 Å². The fourth-order valence-corrected chi connectivity index (χ4v) is 4.38. The number of hydrogen-bond acceptors (Lipinski definition) is 4.